The van der Waals surface area contributed by atoms with Crippen LogP contribution in [-0.2, 0) is 14.9 Å². The summed E-state index contributed by atoms with van der Waals surface area (Å²) in [5, 5.41) is 1.59. The SMILES string of the molecule is CCC(C)C(=O)NC(C)(C)C(C)S(=O)(=O)O. The summed E-state index contributed by atoms with van der Waals surface area (Å²) in [5.41, 5.74) is -0.992. The molecule has 0 heterocycles. The second-order valence-electron chi connectivity index (χ2n) is 4.68. The molecule has 0 saturated heterocycles. The fourth-order valence-electron chi connectivity index (χ4n) is 1.10. The summed E-state index contributed by atoms with van der Waals surface area (Å²) < 4.78 is 31.0. The van der Waals surface area contributed by atoms with Crippen LogP contribution in [0.3, 0.4) is 0 Å². The monoisotopic (exact) mass is 251 g/mol. The van der Waals surface area contributed by atoms with E-state index in [0.29, 0.717) is 6.42 Å². The van der Waals surface area contributed by atoms with Gasteiger partial charge in [0, 0.05) is 5.92 Å². The predicted molar refractivity (Wildman–Crippen MR) is 62.7 cm³/mol. The Bertz CT molecular complexity index is 348. The first-order valence-electron chi connectivity index (χ1n) is 5.30. The minimum Gasteiger partial charge on any atom is -0.350 e. The van der Waals surface area contributed by atoms with Crippen molar-refractivity contribution in [1.29, 1.82) is 0 Å². The van der Waals surface area contributed by atoms with Crippen LogP contribution in [0.5, 0.6) is 0 Å². The molecule has 0 rings (SSSR count). The first kappa shape index (κ1) is 15.4. The number of carbonyl (C=O) groups excluding carboxylic acids is 1. The summed E-state index contributed by atoms with van der Waals surface area (Å²) in [6, 6.07) is 0. The summed E-state index contributed by atoms with van der Waals surface area (Å²) in [7, 11) is -4.15. The first-order valence-corrected chi connectivity index (χ1v) is 6.81. The van der Waals surface area contributed by atoms with Crippen molar-refractivity contribution in [2.24, 2.45) is 5.92 Å². The van der Waals surface area contributed by atoms with E-state index in [0.717, 1.165) is 0 Å². The smallest absolute Gasteiger partial charge is 0.269 e. The first-order chi connectivity index (χ1) is 7.02. The van der Waals surface area contributed by atoms with Gasteiger partial charge in [0.05, 0.1) is 5.54 Å². The van der Waals surface area contributed by atoms with Gasteiger partial charge in [0.1, 0.15) is 5.25 Å². The summed E-state index contributed by atoms with van der Waals surface area (Å²) in [4.78, 5) is 11.6. The number of hydrogen-bond donors (Lipinski definition) is 2. The van der Waals surface area contributed by atoms with Gasteiger partial charge in [0.15, 0.2) is 0 Å². The van der Waals surface area contributed by atoms with Crippen LogP contribution in [0.4, 0.5) is 0 Å². The van der Waals surface area contributed by atoms with E-state index in [4.69, 9.17) is 4.55 Å². The van der Waals surface area contributed by atoms with Crippen LogP contribution in [0.25, 0.3) is 0 Å². The Labute approximate surface area is 97.4 Å². The van der Waals surface area contributed by atoms with E-state index in [1.54, 1.807) is 20.8 Å². The summed E-state index contributed by atoms with van der Waals surface area (Å²) >= 11 is 0. The van der Waals surface area contributed by atoms with Crippen LogP contribution >= 0.6 is 0 Å². The largest absolute Gasteiger partial charge is 0.350 e. The minimum absolute atomic E-state index is 0.173. The fourth-order valence-corrected chi connectivity index (χ4v) is 1.90. The van der Waals surface area contributed by atoms with Crippen molar-refractivity contribution in [3.63, 3.8) is 0 Å². The van der Waals surface area contributed by atoms with Gasteiger partial charge in [0.2, 0.25) is 5.91 Å². The molecule has 0 aliphatic rings. The molecule has 0 aliphatic heterocycles. The molecule has 0 aromatic rings. The predicted octanol–water partition coefficient (Wildman–Crippen LogP) is 1.20. The van der Waals surface area contributed by atoms with E-state index in [9.17, 15) is 13.2 Å². The van der Waals surface area contributed by atoms with Gasteiger partial charge in [-0.25, -0.2) is 0 Å². The zero-order chi connectivity index (χ0) is 13.1. The third-order valence-electron chi connectivity index (χ3n) is 2.97. The van der Waals surface area contributed by atoms with Crippen molar-refractivity contribution in [2.75, 3.05) is 0 Å². The van der Waals surface area contributed by atoms with Gasteiger partial charge in [-0.05, 0) is 27.2 Å². The summed E-state index contributed by atoms with van der Waals surface area (Å²) in [6.07, 6.45) is 0.683. The van der Waals surface area contributed by atoms with Gasteiger partial charge in [-0.15, -0.1) is 0 Å². The normalized spacial score (nSPS) is 16.6. The van der Waals surface area contributed by atoms with Crippen molar-refractivity contribution < 1.29 is 17.8 Å². The Morgan fingerprint density at radius 1 is 1.38 bits per heavy atom. The molecule has 2 N–H and O–H groups in total. The van der Waals surface area contributed by atoms with Crippen LogP contribution < -0.4 is 5.32 Å². The second kappa shape index (κ2) is 5.14. The van der Waals surface area contributed by atoms with Gasteiger partial charge in [0.25, 0.3) is 10.1 Å². The number of nitrogens with one attached hydrogen (secondary N) is 1. The molecule has 0 radical (unpaired) electrons. The lowest BCUT2D eigenvalue weighted by Gasteiger charge is -2.31. The lowest BCUT2D eigenvalue weighted by Crippen LogP contribution is -2.54. The van der Waals surface area contributed by atoms with Gasteiger partial charge in [-0.3, -0.25) is 9.35 Å². The quantitative estimate of drug-likeness (QED) is 0.719. The zero-order valence-electron chi connectivity index (χ0n) is 10.4. The molecule has 1 amide bonds. The lowest BCUT2D eigenvalue weighted by atomic mass is 9.99. The summed E-state index contributed by atoms with van der Waals surface area (Å²) in [5.74, 6) is -0.379. The van der Waals surface area contributed by atoms with Crippen molar-refractivity contribution in [3.05, 3.63) is 0 Å². The van der Waals surface area contributed by atoms with Crippen LogP contribution in [-0.4, -0.2) is 29.7 Å². The third-order valence-corrected chi connectivity index (χ3v) is 4.45. The molecule has 6 heteroatoms. The Hall–Kier alpha value is -0.620. The Morgan fingerprint density at radius 2 is 1.81 bits per heavy atom. The molecular formula is C10H21NO4S. The number of carbonyl (C=O) groups is 1. The Kier molecular flexibility index (Phi) is 4.94. The third kappa shape index (κ3) is 4.09. The van der Waals surface area contributed by atoms with Crippen LogP contribution in [0, 0.1) is 5.92 Å². The van der Waals surface area contributed by atoms with E-state index in [2.05, 4.69) is 5.32 Å². The van der Waals surface area contributed by atoms with Crippen LogP contribution in [0.1, 0.15) is 41.0 Å². The van der Waals surface area contributed by atoms with Crippen LogP contribution in [0.2, 0.25) is 0 Å². The van der Waals surface area contributed by atoms with E-state index in [1.165, 1.54) is 6.92 Å². The number of amides is 1. The molecule has 0 fully saturated rings. The van der Waals surface area contributed by atoms with E-state index in [-0.39, 0.29) is 11.8 Å². The van der Waals surface area contributed by atoms with Gasteiger partial charge >= 0.3 is 0 Å². The molecule has 0 spiro atoms. The van der Waals surface area contributed by atoms with E-state index in [1.807, 2.05) is 6.92 Å². The maximum absolute atomic E-state index is 11.6. The molecule has 2 atom stereocenters. The highest BCUT2D eigenvalue weighted by Gasteiger charge is 2.36. The minimum atomic E-state index is -4.15. The average molecular weight is 251 g/mol. The van der Waals surface area contributed by atoms with Gasteiger partial charge in [-0.2, -0.15) is 8.42 Å². The highest BCUT2D eigenvalue weighted by Crippen LogP contribution is 2.17. The average Bonchev–Trinajstić information content (AvgIpc) is 2.13. The Morgan fingerprint density at radius 3 is 2.12 bits per heavy atom. The maximum atomic E-state index is 11.6. The molecule has 2 unspecified atom stereocenters. The molecular weight excluding hydrogens is 230 g/mol. The molecule has 96 valence electrons. The highest BCUT2D eigenvalue weighted by atomic mass is 32.2. The van der Waals surface area contributed by atoms with E-state index >= 15 is 0 Å². The topological polar surface area (TPSA) is 83.5 Å². The van der Waals surface area contributed by atoms with Crippen molar-refractivity contribution in [2.45, 2.75) is 51.8 Å². The van der Waals surface area contributed by atoms with E-state index < -0.39 is 20.9 Å². The fraction of sp³-hybridized carbons (Fsp3) is 0.900. The van der Waals surface area contributed by atoms with Crippen molar-refractivity contribution in [3.8, 4) is 0 Å². The molecule has 0 aliphatic carbocycles. The molecule has 0 bridgehead atoms. The number of rotatable bonds is 5. The van der Waals surface area contributed by atoms with Crippen molar-refractivity contribution >= 4 is 16.0 Å². The van der Waals surface area contributed by atoms with Gasteiger partial charge in [-0.1, -0.05) is 13.8 Å². The maximum Gasteiger partial charge on any atom is 0.269 e. The molecule has 16 heavy (non-hydrogen) atoms. The molecule has 5 nitrogen and oxygen atoms in total. The highest BCUT2D eigenvalue weighted by molar-refractivity contribution is 7.86. The Balaban J connectivity index is 4.77. The second-order valence-corrected chi connectivity index (χ2v) is 6.41. The van der Waals surface area contributed by atoms with Crippen LogP contribution in [0.15, 0.2) is 0 Å². The van der Waals surface area contributed by atoms with Gasteiger partial charge < -0.3 is 5.32 Å². The number of hydrogen-bond acceptors (Lipinski definition) is 3. The molecule has 0 aromatic carbocycles. The van der Waals surface area contributed by atoms with Crippen molar-refractivity contribution in [1.82, 2.24) is 5.32 Å². The molecule has 0 saturated carbocycles. The lowest BCUT2D eigenvalue weighted by molar-refractivity contribution is -0.126. The zero-order valence-corrected chi connectivity index (χ0v) is 11.3. The standard InChI is InChI=1S/C10H21NO4S/c1-6-7(2)9(12)11-10(4,5)8(3)16(13,14)15/h7-8H,6H2,1-5H3,(H,11,12)(H,13,14,15). The summed E-state index contributed by atoms with van der Waals surface area (Å²) in [6.45, 7) is 8.16. The molecule has 0 aromatic heterocycles.